The summed E-state index contributed by atoms with van der Waals surface area (Å²) in [5.74, 6) is -1.37. The lowest BCUT2D eigenvalue weighted by atomic mass is 9.82. The summed E-state index contributed by atoms with van der Waals surface area (Å²) in [6.45, 7) is 0.876. The minimum atomic E-state index is -0.861. The van der Waals surface area contributed by atoms with Crippen molar-refractivity contribution in [1.82, 2.24) is 15.5 Å². The first-order valence-corrected chi connectivity index (χ1v) is 9.45. The van der Waals surface area contributed by atoms with Gasteiger partial charge in [-0.05, 0) is 43.0 Å². The van der Waals surface area contributed by atoms with E-state index in [0.29, 0.717) is 37.9 Å². The molecule has 0 atom stereocenters. The fraction of sp³-hybridized carbons (Fsp3) is 0.526. The molecule has 9 heteroatoms. The van der Waals surface area contributed by atoms with Crippen LogP contribution in [0.15, 0.2) is 12.1 Å². The number of anilines is 1. The van der Waals surface area contributed by atoms with Gasteiger partial charge >= 0.3 is 6.03 Å². The van der Waals surface area contributed by atoms with E-state index in [0.717, 1.165) is 29.7 Å². The van der Waals surface area contributed by atoms with Crippen molar-refractivity contribution in [2.24, 2.45) is 0 Å². The number of hydrogen-bond donors (Lipinski definition) is 3. The second-order valence-electron chi connectivity index (χ2n) is 7.50. The van der Waals surface area contributed by atoms with Gasteiger partial charge in [0.15, 0.2) is 0 Å². The Balaban J connectivity index is 0.00000225. The third kappa shape index (κ3) is 3.58. The lowest BCUT2D eigenvalue weighted by Gasteiger charge is -2.30. The largest absolute Gasteiger partial charge is 0.325 e. The third-order valence-corrected chi connectivity index (χ3v) is 5.74. The summed E-state index contributed by atoms with van der Waals surface area (Å²) in [6, 6.07) is 2.76. The van der Waals surface area contributed by atoms with Crippen LogP contribution < -0.4 is 16.0 Å². The molecule has 1 aromatic rings. The molecule has 1 saturated carbocycles. The summed E-state index contributed by atoms with van der Waals surface area (Å²) >= 11 is 0. The molecule has 2 aliphatic heterocycles. The molecule has 7 nitrogen and oxygen atoms in total. The molecule has 0 radical (unpaired) electrons. The van der Waals surface area contributed by atoms with Gasteiger partial charge in [-0.25, -0.2) is 9.18 Å². The molecule has 0 bridgehead atoms. The molecule has 0 unspecified atom stereocenters. The van der Waals surface area contributed by atoms with E-state index >= 15 is 0 Å². The van der Waals surface area contributed by atoms with Crippen molar-refractivity contribution in [3.63, 3.8) is 0 Å². The quantitative estimate of drug-likeness (QED) is 0.665. The highest BCUT2D eigenvalue weighted by atomic mass is 35.5. The normalized spacial score (nSPS) is 20.4. The molecule has 0 aromatic heterocycles. The zero-order valence-electron chi connectivity index (χ0n) is 15.5. The third-order valence-electron chi connectivity index (χ3n) is 5.74. The van der Waals surface area contributed by atoms with Gasteiger partial charge in [0.25, 0.3) is 5.91 Å². The number of hydrogen-bond acceptors (Lipinski definition) is 4. The van der Waals surface area contributed by atoms with Crippen LogP contribution in [0.25, 0.3) is 0 Å². The van der Waals surface area contributed by atoms with Crippen molar-refractivity contribution < 1.29 is 18.8 Å². The highest BCUT2D eigenvalue weighted by Gasteiger charge is 2.51. The molecule has 1 spiro atoms. The number of halogens is 2. The van der Waals surface area contributed by atoms with Crippen LogP contribution in [0.4, 0.5) is 14.9 Å². The molecule has 1 aromatic carbocycles. The molecule has 1 aliphatic carbocycles. The number of carbonyl (C=O) groups is 3. The SMILES string of the molecule is Cl.O=C(CN1C(=O)NC2(CCCCC2)C1=O)Nc1ccc2c(c1F)CCNC2. The van der Waals surface area contributed by atoms with Crippen molar-refractivity contribution in [1.29, 1.82) is 0 Å². The van der Waals surface area contributed by atoms with E-state index in [2.05, 4.69) is 16.0 Å². The predicted octanol–water partition coefficient (Wildman–Crippen LogP) is 2.09. The summed E-state index contributed by atoms with van der Waals surface area (Å²) < 4.78 is 14.7. The van der Waals surface area contributed by atoms with E-state index in [4.69, 9.17) is 0 Å². The predicted molar refractivity (Wildman–Crippen MR) is 104 cm³/mol. The van der Waals surface area contributed by atoms with Crippen LogP contribution in [0.3, 0.4) is 0 Å². The smallest absolute Gasteiger partial charge is 0.323 e. The molecule has 3 aliphatic rings. The van der Waals surface area contributed by atoms with Crippen molar-refractivity contribution >= 4 is 35.9 Å². The highest BCUT2D eigenvalue weighted by Crippen LogP contribution is 2.33. The Kier molecular flexibility index (Phi) is 5.90. The molecule has 1 saturated heterocycles. The summed E-state index contributed by atoms with van der Waals surface area (Å²) in [6.07, 6.45) is 4.55. The second kappa shape index (κ2) is 8.05. The summed E-state index contributed by atoms with van der Waals surface area (Å²) in [5, 5.41) is 8.45. The lowest BCUT2D eigenvalue weighted by molar-refractivity contribution is -0.134. The highest BCUT2D eigenvalue weighted by molar-refractivity contribution is 6.10. The molecular weight excluding hydrogens is 387 g/mol. The van der Waals surface area contributed by atoms with Gasteiger partial charge in [-0.15, -0.1) is 12.4 Å². The first kappa shape index (κ1) is 20.5. The Bertz CT molecular complexity index is 811. The van der Waals surface area contributed by atoms with E-state index in [9.17, 15) is 18.8 Å². The molecule has 28 heavy (non-hydrogen) atoms. The Morgan fingerprint density at radius 3 is 2.71 bits per heavy atom. The summed E-state index contributed by atoms with van der Waals surface area (Å²) in [5.41, 5.74) is 0.701. The first-order chi connectivity index (χ1) is 13.0. The van der Waals surface area contributed by atoms with Crippen LogP contribution >= 0.6 is 12.4 Å². The number of nitrogens with one attached hydrogen (secondary N) is 3. The maximum absolute atomic E-state index is 14.7. The average Bonchev–Trinajstić information content (AvgIpc) is 2.89. The number of carbonyl (C=O) groups excluding carboxylic acids is 3. The van der Waals surface area contributed by atoms with Crippen LogP contribution in [-0.4, -0.2) is 41.4 Å². The number of imide groups is 1. The number of nitrogens with zero attached hydrogens (tertiary/aromatic N) is 1. The molecule has 4 amide bonds. The van der Waals surface area contributed by atoms with Crippen LogP contribution in [0.2, 0.25) is 0 Å². The van der Waals surface area contributed by atoms with Crippen molar-refractivity contribution in [2.75, 3.05) is 18.4 Å². The number of amides is 4. The van der Waals surface area contributed by atoms with Gasteiger partial charge < -0.3 is 16.0 Å². The van der Waals surface area contributed by atoms with Crippen LogP contribution in [-0.2, 0) is 22.6 Å². The minimum Gasteiger partial charge on any atom is -0.323 e. The van der Waals surface area contributed by atoms with E-state index in [-0.39, 0.29) is 24.0 Å². The Hall–Kier alpha value is -2.19. The van der Waals surface area contributed by atoms with Crippen molar-refractivity contribution in [3.05, 3.63) is 29.1 Å². The molecule has 152 valence electrons. The summed E-state index contributed by atoms with van der Waals surface area (Å²) in [7, 11) is 0. The summed E-state index contributed by atoms with van der Waals surface area (Å²) in [4.78, 5) is 38.3. The lowest BCUT2D eigenvalue weighted by Crippen LogP contribution is -2.48. The van der Waals surface area contributed by atoms with Gasteiger partial charge in [0.2, 0.25) is 5.91 Å². The fourth-order valence-corrected chi connectivity index (χ4v) is 4.28. The monoisotopic (exact) mass is 410 g/mol. The van der Waals surface area contributed by atoms with Crippen molar-refractivity contribution in [2.45, 2.75) is 50.6 Å². The van der Waals surface area contributed by atoms with Gasteiger partial charge in [0, 0.05) is 6.54 Å². The van der Waals surface area contributed by atoms with E-state index in [1.54, 1.807) is 6.07 Å². The van der Waals surface area contributed by atoms with Gasteiger partial charge in [-0.2, -0.15) is 0 Å². The van der Waals surface area contributed by atoms with E-state index in [1.807, 2.05) is 0 Å². The number of rotatable bonds is 3. The number of fused-ring (bicyclic) bond motifs is 1. The number of urea groups is 1. The fourth-order valence-electron chi connectivity index (χ4n) is 4.28. The van der Waals surface area contributed by atoms with Gasteiger partial charge in [-0.1, -0.05) is 25.3 Å². The maximum Gasteiger partial charge on any atom is 0.325 e. The van der Waals surface area contributed by atoms with Gasteiger partial charge in [0.05, 0.1) is 5.69 Å². The average molecular weight is 411 g/mol. The Labute approximate surface area is 168 Å². The molecular formula is C19H24ClFN4O3. The van der Waals surface area contributed by atoms with E-state index in [1.165, 1.54) is 6.07 Å². The minimum absolute atomic E-state index is 0. The zero-order chi connectivity index (χ0) is 19.0. The van der Waals surface area contributed by atoms with Gasteiger partial charge in [-0.3, -0.25) is 14.5 Å². The first-order valence-electron chi connectivity index (χ1n) is 9.45. The van der Waals surface area contributed by atoms with E-state index < -0.39 is 29.8 Å². The van der Waals surface area contributed by atoms with Crippen LogP contribution in [0.1, 0.15) is 43.2 Å². The maximum atomic E-state index is 14.7. The standard InChI is InChI=1S/C19H23FN4O3.ClH/c20-16-13-6-9-21-10-12(13)4-5-14(16)22-15(25)11-24-17(26)19(23-18(24)27)7-2-1-3-8-19;/h4-5,21H,1-3,6-11H2,(H,22,25)(H,23,27);1H. The Morgan fingerprint density at radius 1 is 1.21 bits per heavy atom. The molecule has 2 heterocycles. The van der Waals surface area contributed by atoms with Crippen LogP contribution in [0.5, 0.6) is 0 Å². The Morgan fingerprint density at radius 2 is 1.96 bits per heavy atom. The zero-order valence-corrected chi connectivity index (χ0v) is 16.3. The molecule has 2 fully saturated rings. The topological polar surface area (TPSA) is 90.5 Å². The van der Waals surface area contributed by atoms with Gasteiger partial charge in [0.1, 0.15) is 17.9 Å². The number of benzene rings is 1. The van der Waals surface area contributed by atoms with Crippen molar-refractivity contribution in [3.8, 4) is 0 Å². The second-order valence-corrected chi connectivity index (χ2v) is 7.50. The van der Waals surface area contributed by atoms with Crippen LogP contribution in [0, 0.1) is 5.82 Å². The molecule has 3 N–H and O–H groups in total. The molecule has 4 rings (SSSR count).